The van der Waals surface area contributed by atoms with E-state index in [2.05, 4.69) is 15.2 Å². The van der Waals surface area contributed by atoms with Crippen molar-refractivity contribution in [3.8, 4) is 0 Å². The highest BCUT2D eigenvalue weighted by atomic mass is 35.5. The second-order valence-electron chi connectivity index (χ2n) is 4.92. The van der Waals surface area contributed by atoms with Gasteiger partial charge in [-0.25, -0.2) is 9.89 Å². The number of aromatic amines is 2. The number of hydrogen-bond acceptors (Lipinski definition) is 3. The van der Waals surface area contributed by atoms with Gasteiger partial charge in [0.05, 0.1) is 12.5 Å². The molecular weight excluding hydrogens is 280 g/mol. The summed E-state index contributed by atoms with van der Waals surface area (Å²) in [5, 5.41) is 6.71. The summed E-state index contributed by atoms with van der Waals surface area (Å²) < 4.78 is 0. The van der Waals surface area contributed by atoms with E-state index in [1.807, 2.05) is 18.2 Å². The molecule has 1 atom stereocenters. The van der Waals surface area contributed by atoms with Crippen LogP contribution in [0.15, 0.2) is 23.0 Å². The van der Waals surface area contributed by atoms with E-state index in [1.54, 1.807) is 11.9 Å². The topological polar surface area (TPSA) is 81.8 Å². The van der Waals surface area contributed by atoms with E-state index in [4.69, 9.17) is 11.6 Å². The van der Waals surface area contributed by atoms with Crippen molar-refractivity contribution in [3.63, 3.8) is 0 Å². The number of benzene rings is 1. The summed E-state index contributed by atoms with van der Waals surface area (Å²) in [6.07, 6.45) is 0.729. The van der Waals surface area contributed by atoms with Crippen LogP contribution >= 0.6 is 11.6 Å². The Morgan fingerprint density at radius 3 is 3.05 bits per heavy atom. The first kappa shape index (κ1) is 12.9. The minimum Gasteiger partial charge on any atom is -0.338 e. The lowest BCUT2D eigenvalue weighted by atomic mass is 9.77. The highest BCUT2D eigenvalue weighted by Gasteiger charge is 2.34. The molecule has 7 heteroatoms. The van der Waals surface area contributed by atoms with Crippen LogP contribution in [-0.2, 0) is 17.8 Å². The lowest BCUT2D eigenvalue weighted by Gasteiger charge is -2.32. The standard InChI is InChI=1S/C13H13ClN4O2/c1-18(6-11-15-13(20)17-16-11)12(19)10-4-7-2-3-8(14)5-9(7)10/h2-3,5,10H,4,6H2,1H3,(H2,15,16,17,20). The molecule has 6 nitrogen and oxygen atoms in total. The van der Waals surface area contributed by atoms with Gasteiger partial charge in [-0.15, -0.1) is 0 Å². The van der Waals surface area contributed by atoms with Gasteiger partial charge in [-0.2, -0.15) is 5.10 Å². The Kier molecular flexibility index (Phi) is 3.10. The van der Waals surface area contributed by atoms with Gasteiger partial charge in [0.15, 0.2) is 5.82 Å². The third-order valence-electron chi connectivity index (χ3n) is 3.52. The lowest BCUT2D eigenvalue weighted by molar-refractivity contribution is -0.132. The van der Waals surface area contributed by atoms with Crippen molar-refractivity contribution < 1.29 is 4.79 Å². The number of aromatic nitrogens is 3. The summed E-state index contributed by atoms with van der Waals surface area (Å²) in [6.45, 7) is 0.268. The van der Waals surface area contributed by atoms with Crippen molar-refractivity contribution in [2.45, 2.75) is 18.9 Å². The molecule has 1 aliphatic rings. The Labute approximate surface area is 119 Å². The third kappa shape index (κ3) is 2.22. The Bertz CT molecular complexity index is 721. The zero-order valence-corrected chi connectivity index (χ0v) is 11.6. The first-order valence-corrected chi connectivity index (χ1v) is 6.59. The van der Waals surface area contributed by atoms with Crippen LogP contribution in [0, 0.1) is 0 Å². The van der Waals surface area contributed by atoms with E-state index in [0.717, 1.165) is 17.5 Å². The highest BCUT2D eigenvalue weighted by molar-refractivity contribution is 6.30. The Hall–Kier alpha value is -2.08. The fourth-order valence-corrected chi connectivity index (χ4v) is 2.62. The van der Waals surface area contributed by atoms with Crippen molar-refractivity contribution in [2.75, 3.05) is 7.05 Å². The SMILES string of the molecule is CN(Cc1n[nH]c(=O)[nH]1)C(=O)C1Cc2ccc(Cl)cc21. The third-order valence-corrected chi connectivity index (χ3v) is 3.75. The van der Waals surface area contributed by atoms with E-state index in [0.29, 0.717) is 10.8 Å². The van der Waals surface area contributed by atoms with E-state index < -0.39 is 0 Å². The molecule has 0 fully saturated rings. The number of nitrogens with one attached hydrogen (secondary N) is 2. The molecular formula is C13H13ClN4O2. The lowest BCUT2D eigenvalue weighted by Crippen LogP contribution is -2.36. The minimum atomic E-state index is -0.373. The molecule has 0 bridgehead atoms. The number of H-pyrrole nitrogens is 2. The molecule has 2 aromatic rings. The van der Waals surface area contributed by atoms with Crippen molar-refractivity contribution in [1.29, 1.82) is 0 Å². The van der Waals surface area contributed by atoms with Crippen LogP contribution in [0.25, 0.3) is 0 Å². The average Bonchev–Trinajstić information content (AvgIpc) is 2.78. The molecule has 1 unspecified atom stereocenters. The smallest absolute Gasteiger partial charge is 0.338 e. The molecule has 1 aliphatic carbocycles. The minimum absolute atomic E-state index is 0.00335. The number of amides is 1. The van der Waals surface area contributed by atoms with Gasteiger partial charge in [-0.05, 0) is 29.7 Å². The molecule has 1 aromatic heterocycles. The van der Waals surface area contributed by atoms with E-state index in [1.165, 1.54) is 0 Å². The van der Waals surface area contributed by atoms with Gasteiger partial charge in [-0.1, -0.05) is 17.7 Å². The number of carbonyl (C=O) groups is 1. The molecule has 3 rings (SSSR count). The molecule has 0 saturated heterocycles. The van der Waals surface area contributed by atoms with Crippen LogP contribution in [0.4, 0.5) is 0 Å². The number of fused-ring (bicyclic) bond motifs is 1. The summed E-state index contributed by atoms with van der Waals surface area (Å²) in [4.78, 5) is 27.4. The Morgan fingerprint density at radius 1 is 1.55 bits per heavy atom. The van der Waals surface area contributed by atoms with Gasteiger partial charge < -0.3 is 4.90 Å². The van der Waals surface area contributed by atoms with Crippen molar-refractivity contribution in [3.05, 3.63) is 50.7 Å². The van der Waals surface area contributed by atoms with Gasteiger partial charge >= 0.3 is 5.69 Å². The molecule has 0 radical (unpaired) electrons. The zero-order valence-electron chi connectivity index (χ0n) is 10.8. The number of carbonyl (C=O) groups excluding carboxylic acids is 1. The summed E-state index contributed by atoms with van der Waals surface area (Å²) in [5.41, 5.74) is 1.78. The molecule has 104 valence electrons. The number of likely N-dealkylation sites (N-methyl/N-ethyl adjacent to an activating group) is 1. The summed E-state index contributed by atoms with van der Waals surface area (Å²) in [7, 11) is 1.69. The molecule has 1 aromatic carbocycles. The Balaban J connectivity index is 1.72. The monoisotopic (exact) mass is 292 g/mol. The van der Waals surface area contributed by atoms with Gasteiger partial charge in [0.25, 0.3) is 0 Å². The summed E-state index contributed by atoms with van der Waals surface area (Å²) in [5.74, 6) is 0.291. The van der Waals surface area contributed by atoms with Crippen molar-refractivity contribution in [2.24, 2.45) is 0 Å². The predicted octanol–water partition coefficient (Wildman–Crippen LogP) is 1.05. The summed E-state index contributed by atoms with van der Waals surface area (Å²) >= 11 is 5.95. The molecule has 0 aliphatic heterocycles. The maximum absolute atomic E-state index is 12.4. The number of rotatable bonds is 3. The molecule has 0 spiro atoms. The zero-order chi connectivity index (χ0) is 14.3. The van der Waals surface area contributed by atoms with Gasteiger partial charge in [0.2, 0.25) is 5.91 Å². The van der Waals surface area contributed by atoms with Crippen LogP contribution in [-0.4, -0.2) is 33.0 Å². The van der Waals surface area contributed by atoms with Crippen LogP contribution in [0.1, 0.15) is 22.9 Å². The molecule has 0 saturated carbocycles. The first-order chi connectivity index (χ1) is 9.54. The molecule has 1 heterocycles. The van der Waals surface area contributed by atoms with E-state index >= 15 is 0 Å². The second kappa shape index (κ2) is 4.79. The first-order valence-electron chi connectivity index (χ1n) is 6.21. The van der Waals surface area contributed by atoms with Crippen LogP contribution in [0.3, 0.4) is 0 Å². The van der Waals surface area contributed by atoms with Gasteiger partial charge in [-0.3, -0.25) is 9.78 Å². The highest BCUT2D eigenvalue weighted by Crippen LogP contribution is 2.37. The average molecular weight is 293 g/mol. The fraction of sp³-hybridized carbons (Fsp3) is 0.308. The van der Waals surface area contributed by atoms with E-state index in [-0.39, 0.29) is 24.1 Å². The molecule has 1 amide bonds. The number of halogens is 1. The van der Waals surface area contributed by atoms with Gasteiger partial charge in [0.1, 0.15) is 0 Å². The van der Waals surface area contributed by atoms with Crippen molar-refractivity contribution in [1.82, 2.24) is 20.1 Å². The maximum atomic E-state index is 12.4. The van der Waals surface area contributed by atoms with Crippen LogP contribution in [0.2, 0.25) is 5.02 Å². The summed E-state index contributed by atoms with van der Waals surface area (Å²) in [6, 6.07) is 5.62. The second-order valence-corrected chi connectivity index (χ2v) is 5.36. The number of nitrogens with zero attached hydrogens (tertiary/aromatic N) is 2. The maximum Gasteiger partial charge on any atom is 0.340 e. The van der Waals surface area contributed by atoms with Crippen LogP contribution in [0.5, 0.6) is 0 Å². The number of hydrogen-bond donors (Lipinski definition) is 2. The van der Waals surface area contributed by atoms with Crippen molar-refractivity contribution >= 4 is 17.5 Å². The Morgan fingerprint density at radius 2 is 2.35 bits per heavy atom. The van der Waals surface area contributed by atoms with Crippen LogP contribution < -0.4 is 5.69 Å². The normalized spacial score (nSPS) is 16.4. The predicted molar refractivity (Wildman–Crippen MR) is 73.6 cm³/mol. The largest absolute Gasteiger partial charge is 0.340 e. The quantitative estimate of drug-likeness (QED) is 0.887. The fourth-order valence-electron chi connectivity index (χ4n) is 2.44. The molecule has 20 heavy (non-hydrogen) atoms. The van der Waals surface area contributed by atoms with Gasteiger partial charge in [0, 0.05) is 12.1 Å². The molecule has 2 N–H and O–H groups in total. The van der Waals surface area contributed by atoms with E-state index in [9.17, 15) is 9.59 Å².